The molecule has 0 fully saturated rings. The van der Waals surface area contributed by atoms with Crippen molar-refractivity contribution >= 4 is 27.7 Å². The molecule has 0 aliphatic heterocycles. The number of rotatable bonds is 7. The summed E-state index contributed by atoms with van der Waals surface area (Å²) in [6.45, 7) is 2.96. The van der Waals surface area contributed by atoms with E-state index >= 15 is 0 Å². The molecule has 0 radical (unpaired) electrons. The van der Waals surface area contributed by atoms with E-state index in [-0.39, 0.29) is 11.8 Å². The van der Waals surface area contributed by atoms with E-state index in [2.05, 4.69) is 21.2 Å². The van der Waals surface area contributed by atoms with Crippen LogP contribution in [0.25, 0.3) is 0 Å². The van der Waals surface area contributed by atoms with Crippen LogP contribution in [0.3, 0.4) is 0 Å². The van der Waals surface area contributed by atoms with Gasteiger partial charge < -0.3 is 10.2 Å². The Hall–Kier alpha value is -2.14. The van der Waals surface area contributed by atoms with Crippen LogP contribution in [-0.2, 0) is 22.7 Å². The summed E-state index contributed by atoms with van der Waals surface area (Å²) < 4.78 is 1.01. The van der Waals surface area contributed by atoms with E-state index in [0.717, 1.165) is 15.6 Å². The van der Waals surface area contributed by atoms with Crippen molar-refractivity contribution in [1.82, 2.24) is 10.2 Å². The van der Waals surface area contributed by atoms with Crippen molar-refractivity contribution in [1.29, 1.82) is 0 Å². The normalized spacial score (nSPS) is 10.2. The van der Waals surface area contributed by atoms with E-state index < -0.39 is 0 Å². The first-order chi connectivity index (χ1) is 11.5. The Morgan fingerprint density at radius 2 is 1.67 bits per heavy atom. The van der Waals surface area contributed by atoms with Gasteiger partial charge in [0.15, 0.2) is 0 Å². The molecule has 0 saturated heterocycles. The van der Waals surface area contributed by atoms with Crippen molar-refractivity contribution in [3.63, 3.8) is 0 Å². The van der Waals surface area contributed by atoms with Crippen LogP contribution in [0.5, 0.6) is 0 Å². The van der Waals surface area contributed by atoms with Crippen LogP contribution >= 0.6 is 15.9 Å². The molecule has 0 heterocycles. The molecule has 0 saturated carbocycles. The quantitative estimate of drug-likeness (QED) is 0.788. The van der Waals surface area contributed by atoms with Gasteiger partial charge in [-0.25, -0.2) is 0 Å². The van der Waals surface area contributed by atoms with Crippen LogP contribution < -0.4 is 5.32 Å². The van der Waals surface area contributed by atoms with E-state index in [0.29, 0.717) is 26.1 Å². The highest BCUT2D eigenvalue weighted by Gasteiger charge is 2.11. The first-order valence-corrected chi connectivity index (χ1v) is 8.64. The molecule has 2 aromatic rings. The van der Waals surface area contributed by atoms with Gasteiger partial charge in [-0.1, -0.05) is 58.4 Å². The molecule has 5 heteroatoms. The van der Waals surface area contributed by atoms with Gasteiger partial charge >= 0.3 is 0 Å². The zero-order valence-corrected chi connectivity index (χ0v) is 15.3. The van der Waals surface area contributed by atoms with Crippen molar-refractivity contribution < 1.29 is 9.59 Å². The first kappa shape index (κ1) is 18.2. The highest BCUT2D eigenvalue weighted by Crippen LogP contribution is 2.10. The van der Waals surface area contributed by atoms with Gasteiger partial charge in [0.2, 0.25) is 11.8 Å². The maximum Gasteiger partial charge on any atom is 0.222 e. The molecule has 1 N–H and O–H groups in total. The van der Waals surface area contributed by atoms with E-state index in [1.807, 2.05) is 54.6 Å². The minimum Gasteiger partial charge on any atom is -0.352 e. The Labute approximate surface area is 151 Å². The van der Waals surface area contributed by atoms with Gasteiger partial charge in [0.25, 0.3) is 0 Å². The molecular formula is C19H21BrN2O2. The first-order valence-electron chi connectivity index (χ1n) is 7.85. The largest absolute Gasteiger partial charge is 0.352 e. The fourth-order valence-electron chi connectivity index (χ4n) is 2.28. The minimum absolute atomic E-state index is 0.0282. The lowest BCUT2D eigenvalue weighted by Crippen LogP contribution is -2.33. The lowest BCUT2D eigenvalue weighted by atomic mass is 10.2. The Balaban J connectivity index is 1.79. The third-order valence-electron chi connectivity index (χ3n) is 3.67. The molecule has 2 aromatic carbocycles. The van der Waals surface area contributed by atoms with E-state index in [4.69, 9.17) is 0 Å². The summed E-state index contributed by atoms with van der Waals surface area (Å²) >= 11 is 3.38. The van der Waals surface area contributed by atoms with Crippen LogP contribution in [0, 0.1) is 0 Å². The summed E-state index contributed by atoms with van der Waals surface area (Å²) in [5.41, 5.74) is 2.10. The minimum atomic E-state index is -0.0581. The monoisotopic (exact) mass is 388 g/mol. The second-order valence-corrected chi connectivity index (χ2v) is 6.50. The Bertz CT molecular complexity index is 672. The summed E-state index contributed by atoms with van der Waals surface area (Å²) in [7, 11) is 0. The predicted molar refractivity (Wildman–Crippen MR) is 98.1 cm³/mol. The number of hydrogen-bond acceptors (Lipinski definition) is 2. The fraction of sp³-hybridized carbons (Fsp3) is 0.263. The molecule has 0 spiro atoms. The molecule has 24 heavy (non-hydrogen) atoms. The van der Waals surface area contributed by atoms with Gasteiger partial charge in [-0.2, -0.15) is 0 Å². The highest BCUT2D eigenvalue weighted by atomic mass is 79.9. The predicted octanol–water partition coefficient (Wildman–Crippen LogP) is 3.50. The maximum atomic E-state index is 12.0. The molecule has 0 aliphatic rings. The number of hydrogen-bond donors (Lipinski definition) is 1. The van der Waals surface area contributed by atoms with Crippen LogP contribution in [0.2, 0.25) is 0 Å². The van der Waals surface area contributed by atoms with Crippen molar-refractivity contribution in [3.8, 4) is 0 Å². The van der Waals surface area contributed by atoms with Crippen molar-refractivity contribution in [2.75, 3.05) is 6.54 Å². The number of carbonyl (C=O) groups is 2. The SMILES string of the molecule is CC(=O)N(CCC(=O)NCc1ccc(Br)cc1)Cc1ccccc1. The third kappa shape index (κ3) is 6.16. The van der Waals surface area contributed by atoms with Crippen molar-refractivity contribution in [3.05, 3.63) is 70.2 Å². The molecule has 2 rings (SSSR count). The highest BCUT2D eigenvalue weighted by molar-refractivity contribution is 9.10. The van der Waals surface area contributed by atoms with Crippen LogP contribution in [-0.4, -0.2) is 23.3 Å². The summed E-state index contributed by atoms with van der Waals surface area (Å²) in [4.78, 5) is 25.5. The Morgan fingerprint density at radius 3 is 2.29 bits per heavy atom. The van der Waals surface area contributed by atoms with E-state index in [1.54, 1.807) is 4.90 Å². The molecule has 0 aromatic heterocycles. The van der Waals surface area contributed by atoms with Gasteiger partial charge in [0, 0.05) is 37.5 Å². The number of nitrogens with one attached hydrogen (secondary N) is 1. The topological polar surface area (TPSA) is 49.4 Å². The molecule has 126 valence electrons. The molecule has 0 aliphatic carbocycles. The average molecular weight is 389 g/mol. The number of halogens is 1. The van der Waals surface area contributed by atoms with Crippen LogP contribution in [0.4, 0.5) is 0 Å². The van der Waals surface area contributed by atoms with Gasteiger partial charge in [-0.15, -0.1) is 0 Å². The second-order valence-electron chi connectivity index (χ2n) is 5.58. The molecular weight excluding hydrogens is 368 g/mol. The average Bonchev–Trinajstić information content (AvgIpc) is 2.58. The zero-order chi connectivity index (χ0) is 17.4. The lowest BCUT2D eigenvalue weighted by molar-refractivity contribution is -0.130. The second kappa shape index (κ2) is 9.23. The number of benzene rings is 2. The van der Waals surface area contributed by atoms with E-state index in [9.17, 15) is 9.59 Å². The fourth-order valence-corrected chi connectivity index (χ4v) is 2.54. The molecule has 4 nitrogen and oxygen atoms in total. The molecule has 0 unspecified atom stereocenters. The summed E-state index contributed by atoms with van der Waals surface area (Å²) in [5, 5.41) is 2.88. The Kier molecular flexibility index (Phi) is 7.00. The number of amides is 2. The molecule has 0 atom stereocenters. The van der Waals surface area contributed by atoms with Gasteiger partial charge in [0.1, 0.15) is 0 Å². The molecule has 2 amide bonds. The maximum absolute atomic E-state index is 12.0. The third-order valence-corrected chi connectivity index (χ3v) is 4.20. The summed E-state index contributed by atoms with van der Waals surface area (Å²) in [6.07, 6.45) is 0.295. The van der Waals surface area contributed by atoms with E-state index in [1.165, 1.54) is 6.92 Å². The van der Waals surface area contributed by atoms with Crippen molar-refractivity contribution in [2.24, 2.45) is 0 Å². The smallest absolute Gasteiger partial charge is 0.222 e. The van der Waals surface area contributed by atoms with Gasteiger partial charge in [-0.3, -0.25) is 9.59 Å². The van der Waals surface area contributed by atoms with Crippen LogP contribution in [0.15, 0.2) is 59.1 Å². The van der Waals surface area contributed by atoms with Crippen LogP contribution in [0.1, 0.15) is 24.5 Å². The van der Waals surface area contributed by atoms with Crippen molar-refractivity contribution in [2.45, 2.75) is 26.4 Å². The number of carbonyl (C=O) groups excluding carboxylic acids is 2. The molecule has 0 bridgehead atoms. The standard InChI is InChI=1S/C19H21BrN2O2/c1-15(23)22(14-17-5-3-2-4-6-17)12-11-19(24)21-13-16-7-9-18(20)10-8-16/h2-10H,11-14H2,1H3,(H,21,24). The van der Waals surface area contributed by atoms with Gasteiger partial charge in [0.05, 0.1) is 0 Å². The summed E-state index contributed by atoms with van der Waals surface area (Å²) in [5.74, 6) is -0.0863. The zero-order valence-electron chi connectivity index (χ0n) is 13.7. The lowest BCUT2D eigenvalue weighted by Gasteiger charge is -2.21. The summed E-state index contributed by atoms with van der Waals surface area (Å²) in [6, 6.07) is 17.6. The Morgan fingerprint density at radius 1 is 1.00 bits per heavy atom. The van der Waals surface area contributed by atoms with Gasteiger partial charge in [-0.05, 0) is 23.3 Å². The number of nitrogens with zero attached hydrogens (tertiary/aromatic N) is 1.